The zero-order chi connectivity index (χ0) is 10.8. The van der Waals surface area contributed by atoms with Gasteiger partial charge in [-0.25, -0.2) is 0 Å². The molecule has 1 aliphatic carbocycles. The van der Waals surface area contributed by atoms with Crippen molar-refractivity contribution in [3.8, 4) is 0 Å². The molecule has 1 aromatic carbocycles. The molecular weight excluding hydrogens is 186 g/mol. The van der Waals surface area contributed by atoms with Gasteiger partial charge < -0.3 is 4.90 Å². The molecule has 1 aromatic rings. The first-order valence-electron chi connectivity index (χ1n) is 5.49. The van der Waals surface area contributed by atoms with Crippen molar-refractivity contribution >= 4 is 11.5 Å². The van der Waals surface area contributed by atoms with Crippen molar-refractivity contribution in [1.29, 1.82) is 0 Å². The number of hydrogen-bond acceptors (Lipinski definition) is 2. The van der Waals surface area contributed by atoms with Crippen LogP contribution in [-0.4, -0.2) is 19.4 Å². The summed E-state index contributed by atoms with van der Waals surface area (Å²) in [5, 5.41) is 0. The lowest BCUT2D eigenvalue weighted by molar-refractivity contribution is 0.101. The third-order valence-corrected chi connectivity index (χ3v) is 2.92. The van der Waals surface area contributed by atoms with Gasteiger partial charge in [0.1, 0.15) is 0 Å². The van der Waals surface area contributed by atoms with Crippen LogP contribution in [-0.2, 0) is 0 Å². The van der Waals surface area contributed by atoms with Crippen LogP contribution in [0.15, 0.2) is 24.3 Å². The number of anilines is 1. The van der Waals surface area contributed by atoms with Crippen molar-refractivity contribution in [3.05, 3.63) is 29.8 Å². The van der Waals surface area contributed by atoms with Gasteiger partial charge in [-0.3, -0.25) is 4.79 Å². The molecule has 0 saturated heterocycles. The van der Waals surface area contributed by atoms with Gasteiger partial charge in [0.2, 0.25) is 0 Å². The molecule has 0 N–H and O–H groups in total. The minimum atomic E-state index is 0.147. The monoisotopic (exact) mass is 203 g/mol. The molecule has 0 atom stereocenters. The van der Waals surface area contributed by atoms with Crippen LogP contribution in [0.1, 0.15) is 30.1 Å². The van der Waals surface area contributed by atoms with Gasteiger partial charge in [0.15, 0.2) is 5.78 Å². The van der Waals surface area contributed by atoms with Gasteiger partial charge in [0.25, 0.3) is 0 Å². The fraction of sp³-hybridized carbons (Fsp3) is 0.462. The molecule has 0 spiro atoms. The van der Waals surface area contributed by atoms with E-state index in [0.717, 1.165) is 23.7 Å². The Morgan fingerprint density at radius 1 is 1.40 bits per heavy atom. The van der Waals surface area contributed by atoms with Crippen LogP contribution in [0.25, 0.3) is 0 Å². The van der Waals surface area contributed by atoms with E-state index in [1.54, 1.807) is 6.92 Å². The van der Waals surface area contributed by atoms with Crippen molar-refractivity contribution in [3.63, 3.8) is 0 Å². The van der Waals surface area contributed by atoms with Crippen LogP contribution in [0.2, 0.25) is 0 Å². The highest BCUT2D eigenvalue weighted by atomic mass is 16.1. The van der Waals surface area contributed by atoms with E-state index in [1.165, 1.54) is 12.8 Å². The van der Waals surface area contributed by atoms with E-state index in [9.17, 15) is 4.79 Å². The lowest BCUT2D eigenvalue weighted by atomic mass is 10.1. The van der Waals surface area contributed by atoms with Crippen molar-refractivity contribution in [2.24, 2.45) is 5.92 Å². The number of para-hydroxylation sites is 1. The maximum absolute atomic E-state index is 11.4. The molecule has 1 aliphatic rings. The van der Waals surface area contributed by atoms with Crippen LogP contribution in [0.5, 0.6) is 0 Å². The number of hydrogen-bond donors (Lipinski definition) is 0. The molecule has 0 heterocycles. The molecule has 80 valence electrons. The summed E-state index contributed by atoms with van der Waals surface area (Å²) in [5.74, 6) is 0.989. The fourth-order valence-electron chi connectivity index (χ4n) is 1.89. The van der Waals surface area contributed by atoms with Gasteiger partial charge >= 0.3 is 0 Å². The normalized spacial score (nSPS) is 15.1. The Labute approximate surface area is 90.9 Å². The summed E-state index contributed by atoms with van der Waals surface area (Å²) in [4.78, 5) is 13.6. The second-order valence-electron chi connectivity index (χ2n) is 4.40. The second kappa shape index (κ2) is 4.05. The average molecular weight is 203 g/mol. The summed E-state index contributed by atoms with van der Waals surface area (Å²) < 4.78 is 0. The highest BCUT2D eigenvalue weighted by molar-refractivity contribution is 5.99. The van der Waals surface area contributed by atoms with E-state index >= 15 is 0 Å². The minimum absolute atomic E-state index is 0.147. The largest absolute Gasteiger partial charge is 0.374 e. The molecule has 15 heavy (non-hydrogen) atoms. The van der Waals surface area contributed by atoms with E-state index in [0.29, 0.717) is 0 Å². The van der Waals surface area contributed by atoms with Gasteiger partial charge in [-0.05, 0) is 37.8 Å². The smallest absolute Gasteiger partial charge is 0.161 e. The van der Waals surface area contributed by atoms with Crippen LogP contribution in [0, 0.1) is 5.92 Å². The van der Waals surface area contributed by atoms with Crippen molar-refractivity contribution in [2.45, 2.75) is 19.8 Å². The number of nitrogens with zero attached hydrogens (tertiary/aromatic N) is 1. The average Bonchev–Trinajstić information content (AvgIpc) is 3.01. The van der Waals surface area contributed by atoms with E-state index in [4.69, 9.17) is 0 Å². The Balaban J connectivity index is 2.20. The Kier molecular flexibility index (Phi) is 2.76. The van der Waals surface area contributed by atoms with Crippen LogP contribution in [0.3, 0.4) is 0 Å². The summed E-state index contributed by atoms with van der Waals surface area (Å²) in [7, 11) is 2.07. The van der Waals surface area contributed by atoms with Crippen LogP contribution in [0.4, 0.5) is 5.69 Å². The first kappa shape index (κ1) is 10.2. The number of ketones is 1. The predicted octanol–water partition coefficient (Wildman–Crippen LogP) is 2.74. The van der Waals surface area contributed by atoms with Crippen molar-refractivity contribution in [1.82, 2.24) is 0 Å². The molecule has 0 unspecified atom stereocenters. The fourth-order valence-corrected chi connectivity index (χ4v) is 1.89. The van der Waals surface area contributed by atoms with Gasteiger partial charge in [-0.2, -0.15) is 0 Å². The van der Waals surface area contributed by atoms with E-state index in [2.05, 4.69) is 11.9 Å². The predicted molar refractivity (Wildman–Crippen MR) is 62.4 cm³/mol. The molecule has 0 aromatic heterocycles. The molecular formula is C13H17NO. The van der Waals surface area contributed by atoms with Crippen molar-refractivity contribution < 1.29 is 4.79 Å². The third kappa shape index (κ3) is 2.38. The van der Waals surface area contributed by atoms with E-state index < -0.39 is 0 Å². The van der Waals surface area contributed by atoms with Gasteiger partial charge in [-0.1, -0.05) is 12.1 Å². The number of Topliss-reactive ketones (excluding diaryl/α,β-unsaturated/α-hetero) is 1. The quantitative estimate of drug-likeness (QED) is 0.701. The summed E-state index contributed by atoms with van der Waals surface area (Å²) >= 11 is 0. The van der Waals surface area contributed by atoms with Crippen LogP contribution < -0.4 is 4.90 Å². The summed E-state index contributed by atoms with van der Waals surface area (Å²) in [6.07, 6.45) is 2.68. The Bertz CT molecular complexity index is 369. The summed E-state index contributed by atoms with van der Waals surface area (Å²) in [6.45, 7) is 2.70. The van der Waals surface area contributed by atoms with Crippen LogP contribution >= 0.6 is 0 Å². The number of carbonyl (C=O) groups is 1. The van der Waals surface area contributed by atoms with Gasteiger partial charge in [0.05, 0.1) is 0 Å². The van der Waals surface area contributed by atoms with E-state index in [1.807, 2.05) is 24.3 Å². The molecule has 1 saturated carbocycles. The lowest BCUT2D eigenvalue weighted by Crippen LogP contribution is -2.21. The number of carbonyl (C=O) groups excluding carboxylic acids is 1. The van der Waals surface area contributed by atoms with Crippen molar-refractivity contribution in [2.75, 3.05) is 18.5 Å². The standard InChI is InChI=1S/C13H17NO/c1-10(15)12-5-3-4-6-13(12)14(2)9-11-7-8-11/h3-6,11H,7-9H2,1-2H3. The second-order valence-corrected chi connectivity index (χ2v) is 4.40. The molecule has 1 fully saturated rings. The summed E-state index contributed by atoms with van der Waals surface area (Å²) in [6, 6.07) is 7.84. The number of rotatable bonds is 4. The van der Waals surface area contributed by atoms with E-state index in [-0.39, 0.29) is 5.78 Å². The lowest BCUT2D eigenvalue weighted by Gasteiger charge is -2.21. The molecule has 0 aliphatic heterocycles. The Hall–Kier alpha value is -1.31. The first-order chi connectivity index (χ1) is 7.18. The highest BCUT2D eigenvalue weighted by Gasteiger charge is 2.23. The van der Waals surface area contributed by atoms with Gasteiger partial charge in [0, 0.05) is 24.8 Å². The molecule has 2 rings (SSSR count). The zero-order valence-electron chi connectivity index (χ0n) is 9.36. The molecule has 2 heteroatoms. The summed E-state index contributed by atoms with van der Waals surface area (Å²) in [5.41, 5.74) is 1.90. The van der Waals surface area contributed by atoms with Gasteiger partial charge in [-0.15, -0.1) is 0 Å². The maximum atomic E-state index is 11.4. The maximum Gasteiger partial charge on any atom is 0.161 e. The molecule has 0 bridgehead atoms. The highest BCUT2D eigenvalue weighted by Crippen LogP contribution is 2.31. The first-order valence-corrected chi connectivity index (χ1v) is 5.49. The SMILES string of the molecule is CC(=O)c1ccccc1N(C)CC1CC1. The Morgan fingerprint density at radius 3 is 2.67 bits per heavy atom. The Morgan fingerprint density at radius 2 is 2.07 bits per heavy atom. The molecule has 2 nitrogen and oxygen atoms in total. The topological polar surface area (TPSA) is 20.3 Å². The number of benzene rings is 1. The molecule has 0 amide bonds. The zero-order valence-corrected chi connectivity index (χ0v) is 9.36. The minimum Gasteiger partial charge on any atom is -0.374 e. The molecule has 0 radical (unpaired) electrons. The third-order valence-electron chi connectivity index (χ3n) is 2.92.